The normalized spacial score (nSPS) is 18.2. The molecule has 1 aliphatic carbocycles. The van der Waals surface area contributed by atoms with E-state index in [2.05, 4.69) is 10.2 Å². The van der Waals surface area contributed by atoms with Crippen LogP contribution in [0.25, 0.3) is 0 Å². The van der Waals surface area contributed by atoms with Gasteiger partial charge in [0.25, 0.3) is 0 Å². The number of nitrogens with zero attached hydrogens (tertiary/aromatic N) is 2. The highest BCUT2D eigenvalue weighted by Crippen LogP contribution is 2.41. The molecule has 0 amide bonds. The fraction of sp³-hybridized carbons (Fsp3) is 0.500. The lowest BCUT2D eigenvalue weighted by Gasteiger charge is -2.35. The lowest BCUT2D eigenvalue weighted by atomic mass is 9.69. The highest BCUT2D eigenvalue weighted by atomic mass is 32.2. The van der Waals surface area contributed by atoms with Crippen molar-refractivity contribution < 1.29 is 13.2 Å². The first-order valence-corrected chi connectivity index (χ1v) is 11.2. The molecular formula is C22H30N2O3S. The summed E-state index contributed by atoms with van der Waals surface area (Å²) in [6.45, 7) is 14.0. The fourth-order valence-electron chi connectivity index (χ4n) is 3.00. The lowest BCUT2D eigenvalue weighted by Crippen LogP contribution is -2.34. The Morgan fingerprint density at radius 1 is 0.857 bits per heavy atom. The van der Waals surface area contributed by atoms with Crippen molar-refractivity contribution in [2.45, 2.75) is 58.9 Å². The Bertz CT molecular complexity index is 934. The zero-order chi connectivity index (χ0) is 21.5. The number of ketones is 1. The summed E-state index contributed by atoms with van der Waals surface area (Å²) in [6.07, 6.45) is 4.94. The van der Waals surface area contributed by atoms with Gasteiger partial charge in [0.05, 0.1) is 10.6 Å². The van der Waals surface area contributed by atoms with Gasteiger partial charge in [0, 0.05) is 17.4 Å². The fourth-order valence-corrected chi connectivity index (χ4v) is 3.63. The molecule has 5 nitrogen and oxygen atoms in total. The van der Waals surface area contributed by atoms with Crippen molar-refractivity contribution in [1.82, 2.24) is 0 Å². The van der Waals surface area contributed by atoms with Crippen LogP contribution in [0.1, 0.15) is 48.5 Å². The van der Waals surface area contributed by atoms with Gasteiger partial charge in [0.15, 0.2) is 15.6 Å². The number of hydrogen-bond donors (Lipinski definition) is 0. The van der Waals surface area contributed by atoms with Gasteiger partial charge < -0.3 is 0 Å². The first kappa shape index (κ1) is 22.2. The van der Waals surface area contributed by atoms with Crippen molar-refractivity contribution in [3.63, 3.8) is 0 Å². The summed E-state index contributed by atoms with van der Waals surface area (Å²) in [5.74, 6) is 0.0604. The van der Waals surface area contributed by atoms with E-state index in [9.17, 15) is 13.2 Å². The SMILES string of the molecule is CC1(N=Nc2ccc(S(C)(=O)=O)cc2)C=C(C(C)(C)C)C(=O)C(C(C)(C)C)=C1. The maximum atomic E-state index is 13.0. The number of hydrogen-bond acceptors (Lipinski definition) is 5. The van der Waals surface area contributed by atoms with Crippen molar-refractivity contribution in [2.75, 3.05) is 6.26 Å². The molecule has 0 unspecified atom stereocenters. The summed E-state index contributed by atoms with van der Waals surface area (Å²) in [5, 5.41) is 8.82. The summed E-state index contributed by atoms with van der Waals surface area (Å²) in [7, 11) is -3.25. The Kier molecular flexibility index (Phi) is 5.61. The molecule has 0 saturated heterocycles. The first-order valence-electron chi connectivity index (χ1n) is 9.27. The maximum absolute atomic E-state index is 13.0. The predicted octanol–water partition coefficient (Wildman–Crippen LogP) is 5.46. The summed E-state index contributed by atoms with van der Waals surface area (Å²) in [4.78, 5) is 13.3. The van der Waals surface area contributed by atoms with Gasteiger partial charge in [0.2, 0.25) is 0 Å². The van der Waals surface area contributed by atoms with E-state index < -0.39 is 15.4 Å². The van der Waals surface area contributed by atoms with Crippen LogP contribution >= 0.6 is 0 Å². The van der Waals surface area contributed by atoms with Crippen LogP contribution in [0.3, 0.4) is 0 Å². The molecule has 0 radical (unpaired) electrons. The number of Topliss-reactive ketones (excluding diaryl/α,β-unsaturated/α-hetero) is 1. The Balaban J connectivity index is 2.48. The minimum atomic E-state index is -3.25. The van der Waals surface area contributed by atoms with Crippen LogP contribution in [0, 0.1) is 10.8 Å². The highest BCUT2D eigenvalue weighted by molar-refractivity contribution is 7.90. The molecule has 1 aromatic carbocycles. The van der Waals surface area contributed by atoms with Gasteiger partial charge in [-0.05, 0) is 54.2 Å². The van der Waals surface area contributed by atoms with Crippen LogP contribution in [-0.2, 0) is 14.6 Å². The quantitative estimate of drug-likeness (QED) is 0.630. The topological polar surface area (TPSA) is 75.9 Å². The van der Waals surface area contributed by atoms with Crippen molar-refractivity contribution in [1.29, 1.82) is 0 Å². The van der Waals surface area contributed by atoms with Crippen LogP contribution in [0.5, 0.6) is 0 Å². The van der Waals surface area contributed by atoms with E-state index in [1.54, 1.807) is 12.1 Å². The molecule has 0 saturated carbocycles. The molecular weight excluding hydrogens is 372 g/mol. The Morgan fingerprint density at radius 2 is 1.29 bits per heavy atom. The van der Waals surface area contributed by atoms with Crippen LogP contribution in [-0.4, -0.2) is 26.0 Å². The van der Waals surface area contributed by atoms with E-state index in [1.807, 2.05) is 60.6 Å². The molecule has 152 valence electrons. The standard InChI is InChI=1S/C22H30N2O3S/c1-20(2,3)17-13-22(7,14-18(19(17)25)21(4,5)6)24-23-15-9-11-16(12-10-15)28(8,26)27/h9-14H,1-8H3. The number of carbonyl (C=O) groups excluding carboxylic acids is 1. The number of carbonyl (C=O) groups is 1. The lowest BCUT2D eigenvalue weighted by molar-refractivity contribution is -0.114. The van der Waals surface area contributed by atoms with E-state index in [1.165, 1.54) is 18.4 Å². The minimum Gasteiger partial charge on any atom is -0.289 e. The van der Waals surface area contributed by atoms with Gasteiger partial charge in [-0.25, -0.2) is 8.42 Å². The number of sulfone groups is 1. The van der Waals surface area contributed by atoms with Gasteiger partial charge in [-0.15, -0.1) is 0 Å². The second kappa shape index (κ2) is 7.07. The highest BCUT2D eigenvalue weighted by Gasteiger charge is 2.39. The zero-order valence-electron chi connectivity index (χ0n) is 18.0. The summed E-state index contributed by atoms with van der Waals surface area (Å²) < 4.78 is 23.2. The van der Waals surface area contributed by atoms with Crippen LogP contribution in [0.2, 0.25) is 0 Å². The molecule has 0 aromatic heterocycles. The minimum absolute atomic E-state index is 0.0604. The number of rotatable bonds is 3. The Labute approximate surface area is 168 Å². The Morgan fingerprint density at radius 3 is 1.64 bits per heavy atom. The summed E-state index contributed by atoms with van der Waals surface area (Å²) in [5.41, 5.74) is 0.643. The second-order valence-corrected chi connectivity index (χ2v) is 11.7. The molecule has 0 bridgehead atoms. The number of benzene rings is 1. The predicted molar refractivity (Wildman–Crippen MR) is 113 cm³/mol. The van der Waals surface area contributed by atoms with E-state index in [4.69, 9.17) is 0 Å². The van der Waals surface area contributed by atoms with Gasteiger partial charge in [-0.1, -0.05) is 41.5 Å². The molecule has 0 heterocycles. The van der Waals surface area contributed by atoms with Gasteiger partial charge in [-0.2, -0.15) is 10.2 Å². The average Bonchev–Trinajstić information content (AvgIpc) is 2.53. The smallest absolute Gasteiger partial charge is 0.185 e. The second-order valence-electron chi connectivity index (χ2n) is 9.64. The molecule has 1 aliphatic rings. The van der Waals surface area contributed by atoms with Crippen LogP contribution < -0.4 is 0 Å². The van der Waals surface area contributed by atoms with E-state index in [0.29, 0.717) is 5.69 Å². The molecule has 1 aromatic rings. The molecule has 0 N–H and O–H groups in total. The number of allylic oxidation sites excluding steroid dienone is 2. The number of azo groups is 1. The van der Waals surface area contributed by atoms with Gasteiger partial charge >= 0.3 is 0 Å². The van der Waals surface area contributed by atoms with Crippen molar-refractivity contribution in [3.05, 3.63) is 47.6 Å². The van der Waals surface area contributed by atoms with Crippen LogP contribution in [0.4, 0.5) is 5.69 Å². The van der Waals surface area contributed by atoms with Gasteiger partial charge in [0.1, 0.15) is 5.54 Å². The zero-order valence-corrected chi connectivity index (χ0v) is 18.8. The van der Waals surface area contributed by atoms with E-state index in [0.717, 1.165) is 11.1 Å². The molecule has 0 atom stereocenters. The van der Waals surface area contributed by atoms with Crippen molar-refractivity contribution >= 4 is 21.3 Å². The Hall–Kier alpha value is -2.08. The van der Waals surface area contributed by atoms with E-state index in [-0.39, 0.29) is 21.5 Å². The molecule has 6 heteroatoms. The summed E-state index contributed by atoms with van der Waals surface area (Å²) >= 11 is 0. The maximum Gasteiger partial charge on any atom is 0.185 e. The molecule has 28 heavy (non-hydrogen) atoms. The van der Waals surface area contributed by atoms with Crippen molar-refractivity contribution in [2.24, 2.45) is 21.1 Å². The summed E-state index contributed by atoms with van der Waals surface area (Å²) in [6, 6.07) is 6.28. The largest absolute Gasteiger partial charge is 0.289 e. The van der Waals surface area contributed by atoms with E-state index >= 15 is 0 Å². The third-order valence-corrected chi connectivity index (χ3v) is 5.75. The monoisotopic (exact) mass is 402 g/mol. The third kappa shape index (κ3) is 5.04. The molecule has 2 rings (SSSR count). The first-order chi connectivity index (χ1) is 12.5. The van der Waals surface area contributed by atoms with Crippen LogP contribution in [0.15, 0.2) is 62.7 Å². The third-order valence-electron chi connectivity index (χ3n) is 4.62. The molecule has 0 aliphatic heterocycles. The van der Waals surface area contributed by atoms with Gasteiger partial charge in [-0.3, -0.25) is 4.79 Å². The van der Waals surface area contributed by atoms with Crippen molar-refractivity contribution in [3.8, 4) is 0 Å². The molecule has 0 fully saturated rings. The average molecular weight is 403 g/mol. The molecule has 0 spiro atoms.